The Morgan fingerprint density at radius 3 is 2.57 bits per heavy atom. The normalized spacial score (nSPS) is 12.7. The van der Waals surface area contributed by atoms with Crippen LogP contribution in [0.2, 0.25) is 0 Å². The SMILES string of the molecule is CC(C)NC(CCSc1ccc2ccccc2c1)C(N)=O. The highest BCUT2D eigenvalue weighted by Crippen LogP contribution is 2.24. The molecule has 0 aliphatic carbocycles. The van der Waals surface area contributed by atoms with Crippen LogP contribution in [0.25, 0.3) is 10.8 Å². The molecule has 4 heteroatoms. The van der Waals surface area contributed by atoms with Gasteiger partial charge in [-0.3, -0.25) is 4.79 Å². The summed E-state index contributed by atoms with van der Waals surface area (Å²) >= 11 is 1.76. The zero-order chi connectivity index (χ0) is 15.2. The van der Waals surface area contributed by atoms with E-state index < -0.39 is 0 Å². The van der Waals surface area contributed by atoms with Gasteiger partial charge in [0, 0.05) is 10.9 Å². The number of thioether (sulfide) groups is 1. The predicted molar refractivity (Wildman–Crippen MR) is 90.5 cm³/mol. The Kier molecular flexibility index (Phi) is 5.65. The molecule has 0 aromatic heterocycles. The molecule has 0 heterocycles. The van der Waals surface area contributed by atoms with Gasteiger partial charge in [-0.25, -0.2) is 0 Å². The molecule has 0 spiro atoms. The van der Waals surface area contributed by atoms with Gasteiger partial charge in [0.2, 0.25) is 5.91 Å². The van der Waals surface area contributed by atoms with Gasteiger partial charge in [-0.15, -0.1) is 11.8 Å². The van der Waals surface area contributed by atoms with E-state index in [1.165, 1.54) is 15.7 Å². The van der Waals surface area contributed by atoms with E-state index in [1.54, 1.807) is 11.8 Å². The van der Waals surface area contributed by atoms with Gasteiger partial charge in [0.1, 0.15) is 0 Å². The van der Waals surface area contributed by atoms with Crippen molar-refractivity contribution in [3.63, 3.8) is 0 Å². The summed E-state index contributed by atoms with van der Waals surface area (Å²) in [7, 11) is 0. The number of amides is 1. The Labute approximate surface area is 130 Å². The molecule has 0 fully saturated rings. The molecule has 0 bridgehead atoms. The molecule has 0 radical (unpaired) electrons. The lowest BCUT2D eigenvalue weighted by molar-refractivity contribution is -0.120. The van der Waals surface area contributed by atoms with Crippen LogP contribution < -0.4 is 11.1 Å². The molecule has 1 amide bonds. The molecule has 3 nitrogen and oxygen atoms in total. The highest BCUT2D eigenvalue weighted by Gasteiger charge is 2.15. The molecule has 0 saturated carbocycles. The lowest BCUT2D eigenvalue weighted by atomic mass is 10.1. The van der Waals surface area contributed by atoms with Crippen molar-refractivity contribution >= 4 is 28.4 Å². The fourth-order valence-electron chi connectivity index (χ4n) is 2.26. The number of nitrogens with one attached hydrogen (secondary N) is 1. The van der Waals surface area contributed by atoms with Gasteiger partial charge in [-0.1, -0.05) is 44.2 Å². The van der Waals surface area contributed by atoms with E-state index in [4.69, 9.17) is 5.73 Å². The predicted octanol–water partition coefficient (Wildman–Crippen LogP) is 3.17. The van der Waals surface area contributed by atoms with Crippen LogP contribution in [0, 0.1) is 0 Å². The minimum absolute atomic E-state index is 0.252. The average molecular weight is 302 g/mol. The van der Waals surface area contributed by atoms with Crippen molar-refractivity contribution < 1.29 is 4.79 Å². The molecular weight excluding hydrogens is 280 g/mol. The molecular formula is C17H22N2OS. The summed E-state index contributed by atoms with van der Waals surface area (Å²) in [5.74, 6) is 0.592. The van der Waals surface area contributed by atoms with Crippen molar-refractivity contribution in [1.82, 2.24) is 5.32 Å². The lowest BCUT2D eigenvalue weighted by Gasteiger charge is -2.17. The molecule has 0 aliphatic heterocycles. The van der Waals surface area contributed by atoms with Crippen LogP contribution in [0.1, 0.15) is 20.3 Å². The van der Waals surface area contributed by atoms with Crippen LogP contribution >= 0.6 is 11.8 Å². The molecule has 21 heavy (non-hydrogen) atoms. The number of primary amides is 1. The summed E-state index contributed by atoms with van der Waals surface area (Å²) in [4.78, 5) is 12.6. The number of benzene rings is 2. The third-order valence-corrected chi connectivity index (χ3v) is 4.30. The van der Waals surface area contributed by atoms with Crippen molar-refractivity contribution in [2.75, 3.05) is 5.75 Å². The van der Waals surface area contributed by atoms with E-state index in [-0.39, 0.29) is 18.0 Å². The van der Waals surface area contributed by atoms with Crippen LogP contribution in [-0.4, -0.2) is 23.7 Å². The van der Waals surface area contributed by atoms with Gasteiger partial charge in [0.15, 0.2) is 0 Å². The van der Waals surface area contributed by atoms with Gasteiger partial charge in [0.25, 0.3) is 0 Å². The van der Waals surface area contributed by atoms with Crippen molar-refractivity contribution in [3.05, 3.63) is 42.5 Å². The summed E-state index contributed by atoms with van der Waals surface area (Å²) in [5, 5.41) is 5.70. The third-order valence-electron chi connectivity index (χ3n) is 3.27. The highest BCUT2D eigenvalue weighted by atomic mass is 32.2. The van der Waals surface area contributed by atoms with Gasteiger partial charge >= 0.3 is 0 Å². The Hall–Kier alpha value is -1.52. The summed E-state index contributed by atoms with van der Waals surface area (Å²) in [6.07, 6.45) is 0.741. The van der Waals surface area contributed by atoms with E-state index >= 15 is 0 Å². The van der Waals surface area contributed by atoms with Crippen LogP contribution in [0.5, 0.6) is 0 Å². The first-order valence-corrected chi connectivity index (χ1v) is 8.22. The Morgan fingerprint density at radius 1 is 1.19 bits per heavy atom. The second-order valence-corrected chi connectivity index (χ2v) is 6.59. The van der Waals surface area contributed by atoms with E-state index in [2.05, 4.69) is 35.6 Å². The van der Waals surface area contributed by atoms with E-state index in [0.29, 0.717) is 0 Å². The number of carbonyl (C=O) groups is 1. The number of nitrogens with two attached hydrogens (primary N) is 1. The van der Waals surface area contributed by atoms with Crippen molar-refractivity contribution in [1.29, 1.82) is 0 Å². The maximum atomic E-state index is 11.4. The summed E-state index contributed by atoms with van der Waals surface area (Å²) in [6.45, 7) is 4.04. The van der Waals surface area contributed by atoms with E-state index in [1.807, 2.05) is 26.0 Å². The van der Waals surface area contributed by atoms with Gasteiger partial charge in [0.05, 0.1) is 6.04 Å². The smallest absolute Gasteiger partial charge is 0.234 e. The Bertz CT molecular complexity index is 613. The second-order valence-electron chi connectivity index (χ2n) is 5.42. The first kappa shape index (κ1) is 15.9. The van der Waals surface area contributed by atoms with E-state index in [9.17, 15) is 4.79 Å². The minimum Gasteiger partial charge on any atom is -0.368 e. The highest BCUT2D eigenvalue weighted by molar-refractivity contribution is 7.99. The number of fused-ring (bicyclic) bond motifs is 1. The molecule has 112 valence electrons. The summed E-state index contributed by atoms with van der Waals surface area (Å²) in [6, 6.07) is 14.8. The first-order valence-electron chi connectivity index (χ1n) is 7.23. The topological polar surface area (TPSA) is 55.1 Å². The Morgan fingerprint density at radius 2 is 1.90 bits per heavy atom. The van der Waals surface area contributed by atoms with Crippen molar-refractivity contribution in [3.8, 4) is 0 Å². The third kappa shape index (κ3) is 4.76. The maximum Gasteiger partial charge on any atom is 0.234 e. The number of carbonyl (C=O) groups excluding carboxylic acids is 1. The zero-order valence-corrected chi connectivity index (χ0v) is 13.3. The molecule has 3 N–H and O–H groups in total. The monoisotopic (exact) mass is 302 g/mol. The molecule has 2 rings (SSSR count). The molecule has 0 saturated heterocycles. The van der Waals surface area contributed by atoms with Gasteiger partial charge in [-0.2, -0.15) is 0 Å². The van der Waals surface area contributed by atoms with Crippen LogP contribution in [0.4, 0.5) is 0 Å². The van der Waals surface area contributed by atoms with Crippen molar-refractivity contribution in [2.45, 2.75) is 37.2 Å². The molecule has 0 aliphatic rings. The van der Waals surface area contributed by atoms with E-state index in [0.717, 1.165) is 12.2 Å². The fraction of sp³-hybridized carbons (Fsp3) is 0.353. The fourth-order valence-corrected chi connectivity index (χ4v) is 3.23. The minimum atomic E-state index is -0.275. The second kappa shape index (κ2) is 7.48. The largest absolute Gasteiger partial charge is 0.368 e. The summed E-state index contributed by atoms with van der Waals surface area (Å²) in [5.41, 5.74) is 5.43. The van der Waals surface area contributed by atoms with Crippen LogP contribution in [-0.2, 0) is 4.79 Å². The van der Waals surface area contributed by atoms with Crippen molar-refractivity contribution in [2.24, 2.45) is 5.73 Å². The number of hydrogen-bond acceptors (Lipinski definition) is 3. The maximum absolute atomic E-state index is 11.4. The molecule has 2 aromatic carbocycles. The van der Waals surface area contributed by atoms with Gasteiger partial charge in [-0.05, 0) is 35.1 Å². The lowest BCUT2D eigenvalue weighted by Crippen LogP contribution is -2.44. The van der Waals surface area contributed by atoms with Crippen LogP contribution in [0.15, 0.2) is 47.4 Å². The van der Waals surface area contributed by atoms with Gasteiger partial charge < -0.3 is 11.1 Å². The van der Waals surface area contributed by atoms with Crippen LogP contribution in [0.3, 0.4) is 0 Å². The first-order chi connectivity index (χ1) is 10.1. The number of hydrogen-bond donors (Lipinski definition) is 2. The quantitative estimate of drug-likeness (QED) is 0.772. The molecule has 1 unspecified atom stereocenters. The standard InChI is InChI=1S/C17H22N2OS/c1-12(2)19-16(17(18)20)9-10-21-15-8-7-13-5-3-4-6-14(13)11-15/h3-8,11-12,16,19H,9-10H2,1-2H3,(H2,18,20). The Balaban J connectivity index is 1.93. The summed E-state index contributed by atoms with van der Waals surface area (Å²) < 4.78 is 0. The molecule has 2 aromatic rings. The zero-order valence-electron chi connectivity index (χ0n) is 12.5. The average Bonchev–Trinajstić information content (AvgIpc) is 2.45. The molecule has 1 atom stereocenters. The number of rotatable bonds is 7.